The molecule has 0 saturated carbocycles. The van der Waals surface area contributed by atoms with Gasteiger partial charge in [-0.05, 0) is 31.2 Å². The molecule has 0 aliphatic rings. The SMILES string of the molecule is Cc1ccc(OCC(=O)NCc2ccco2)cn1. The van der Waals surface area contributed by atoms with Crippen LogP contribution in [-0.4, -0.2) is 17.5 Å². The fourth-order valence-corrected chi connectivity index (χ4v) is 1.34. The van der Waals surface area contributed by atoms with Crippen molar-refractivity contribution >= 4 is 5.91 Å². The summed E-state index contributed by atoms with van der Waals surface area (Å²) in [5.74, 6) is 1.08. The lowest BCUT2D eigenvalue weighted by atomic mass is 10.4. The van der Waals surface area contributed by atoms with Gasteiger partial charge < -0.3 is 14.5 Å². The van der Waals surface area contributed by atoms with Gasteiger partial charge in [0.1, 0.15) is 11.5 Å². The van der Waals surface area contributed by atoms with E-state index in [0.717, 1.165) is 5.69 Å². The number of furan rings is 1. The first kappa shape index (κ1) is 12.2. The number of hydrogen-bond donors (Lipinski definition) is 1. The van der Waals surface area contributed by atoms with Gasteiger partial charge in [0.25, 0.3) is 5.91 Å². The fraction of sp³-hybridized carbons (Fsp3) is 0.231. The smallest absolute Gasteiger partial charge is 0.258 e. The average Bonchev–Trinajstić information content (AvgIpc) is 2.89. The highest BCUT2D eigenvalue weighted by atomic mass is 16.5. The first-order valence-electron chi connectivity index (χ1n) is 5.58. The highest BCUT2D eigenvalue weighted by molar-refractivity contribution is 5.77. The van der Waals surface area contributed by atoms with E-state index in [0.29, 0.717) is 18.1 Å². The molecule has 0 fully saturated rings. The van der Waals surface area contributed by atoms with E-state index in [-0.39, 0.29) is 12.5 Å². The molecule has 1 N–H and O–H groups in total. The van der Waals surface area contributed by atoms with E-state index >= 15 is 0 Å². The number of nitrogens with one attached hydrogen (secondary N) is 1. The number of carbonyl (C=O) groups is 1. The molecule has 2 heterocycles. The van der Waals surface area contributed by atoms with Crippen molar-refractivity contribution in [3.8, 4) is 5.75 Å². The van der Waals surface area contributed by atoms with Crippen LogP contribution in [0.5, 0.6) is 5.75 Å². The second kappa shape index (κ2) is 5.86. The van der Waals surface area contributed by atoms with Gasteiger partial charge in [-0.2, -0.15) is 0 Å². The maximum absolute atomic E-state index is 11.5. The molecule has 2 aromatic heterocycles. The fourth-order valence-electron chi connectivity index (χ4n) is 1.34. The average molecular weight is 246 g/mol. The molecule has 0 aliphatic carbocycles. The van der Waals surface area contributed by atoms with Gasteiger partial charge in [-0.25, -0.2) is 0 Å². The predicted molar refractivity (Wildman–Crippen MR) is 65.0 cm³/mol. The van der Waals surface area contributed by atoms with E-state index in [1.165, 1.54) is 0 Å². The van der Waals surface area contributed by atoms with Crippen molar-refractivity contribution in [2.24, 2.45) is 0 Å². The van der Waals surface area contributed by atoms with E-state index in [4.69, 9.17) is 9.15 Å². The number of aryl methyl sites for hydroxylation is 1. The lowest BCUT2D eigenvalue weighted by Crippen LogP contribution is -2.28. The standard InChI is InChI=1S/C13H14N2O3/c1-10-4-5-12(7-14-10)18-9-13(16)15-8-11-3-2-6-17-11/h2-7H,8-9H2,1H3,(H,15,16). The van der Waals surface area contributed by atoms with Crippen LogP contribution in [-0.2, 0) is 11.3 Å². The topological polar surface area (TPSA) is 64.4 Å². The number of pyridine rings is 1. The molecular weight excluding hydrogens is 232 g/mol. The predicted octanol–water partition coefficient (Wildman–Crippen LogP) is 1.68. The van der Waals surface area contributed by atoms with Crippen molar-refractivity contribution in [2.75, 3.05) is 6.61 Å². The molecule has 1 amide bonds. The van der Waals surface area contributed by atoms with Crippen LogP contribution in [0.4, 0.5) is 0 Å². The lowest BCUT2D eigenvalue weighted by Gasteiger charge is -2.06. The van der Waals surface area contributed by atoms with E-state index in [2.05, 4.69) is 10.3 Å². The van der Waals surface area contributed by atoms with Crippen LogP contribution in [0, 0.1) is 6.92 Å². The lowest BCUT2D eigenvalue weighted by molar-refractivity contribution is -0.123. The molecule has 0 spiro atoms. The van der Waals surface area contributed by atoms with Gasteiger partial charge in [0, 0.05) is 5.69 Å². The Morgan fingerprint density at radius 1 is 1.44 bits per heavy atom. The third-order valence-electron chi connectivity index (χ3n) is 2.29. The normalized spacial score (nSPS) is 10.1. The second-order valence-electron chi connectivity index (χ2n) is 3.78. The number of rotatable bonds is 5. The van der Waals surface area contributed by atoms with Gasteiger partial charge in [0.05, 0.1) is 19.0 Å². The Balaban J connectivity index is 1.73. The number of aromatic nitrogens is 1. The first-order valence-corrected chi connectivity index (χ1v) is 5.58. The summed E-state index contributed by atoms with van der Waals surface area (Å²) in [4.78, 5) is 15.6. The summed E-state index contributed by atoms with van der Waals surface area (Å²) >= 11 is 0. The van der Waals surface area contributed by atoms with Gasteiger partial charge in [-0.3, -0.25) is 9.78 Å². The van der Waals surface area contributed by atoms with Crippen LogP contribution >= 0.6 is 0 Å². The highest BCUT2D eigenvalue weighted by Crippen LogP contribution is 2.08. The minimum absolute atomic E-state index is 0.0363. The Hall–Kier alpha value is -2.30. The summed E-state index contributed by atoms with van der Waals surface area (Å²) in [6.45, 7) is 2.21. The van der Waals surface area contributed by atoms with Crippen molar-refractivity contribution in [2.45, 2.75) is 13.5 Å². The van der Waals surface area contributed by atoms with Crippen molar-refractivity contribution in [3.63, 3.8) is 0 Å². The Morgan fingerprint density at radius 2 is 2.33 bits per heavy atom. The number of ether oxygens (including phenoxy) is 1. The van der Waals surface area contributed by atoms with Crippen LogP contribution in [0.1, 0.15) is 11.5 Å². The van der Waals surface area contributed by atoms with E-state index in [1.54, 1.807) is 30.7 Å². The maximum atomic E-state index is 11.5. The quantitative estimate of drug-likeness (QED) is 0.871. The van der Waals surface area contributed by atoms with Gasteiger partial charge in [-0.1, -0.05) is 0 Å². The number of carbonyl (C=O) groups excluding carboxylic acids is 1. The molecule has 0 unspecified atom stereocenters. The van der Waals surface area contributed by atoms with Crippen LogP contribution < -0.4 is 10.1 Å². The Labute approximate surface area is 105 Å². The zero-order chi connectivity index (χ0) is 12.8. The van der Waals surface area contributed by atoms with Crippen LogP contribution in [0.25, 0.3) is 0 Å². The van der Waals surface area contributed by atoms with Crippen LogP contribution in [0.2, 0.25) is 0 Å². The van der Waals surface area contributed by atoms with Crippen LogP contribution in [0.15, 0.2) is 41.1 Å². The summed E-state index contributed by atoms with van der Waals surface area (Å²) in [6, 6.07) is 7.18. The van der Waals surface area contributed by atoms with E-state index in [9.17, 15) is 4.79 Å². The summed E-state index contributed by atoms with van der Waals surface area (Å²) in [5.41, 5.74) is 0.907. The van der Waals surface area contributed by atoms with Crippen molar-refractivity contribution in [1.29, 1.82) is 0 Å². The molecular formula is C13H14N2O3. The zero-order valence-corrected chi connectivity index (χ0v) is 10.1. The highest BCUT2D eigenvalue weighted by Gasteiger charge is 2.04. The molecule has 18 heavy (non-hydrogen) atoms. The van der Waals surface area contributed by atoms with Gasteiger partial charge in [0.15, 0.2) is 6.61 Å². The third kappa shape index (κ3) is 3.62. The van der Waals surface area contributed by atoms with Gasteiger partial charge >= 0.3 is 0 Å². The third-order valence-corrected chi connectivity index (χ3v) is 2.29. The number of hydrogen-bond acceptors (Lipinski definition) is 4. The minimum atomic E-state index is -0.202. The molecule has 0 radical (unpaired) electrons. The van der Waals surface area contributed by atoms with E-state index < -0.39 is 0 Å². The number of nitrogens with zero attached hydrogens (tertiary/aromatic N) is 1. The van der Waals surface area contributed by atoms with Crippen molar-refractivity contribution in [3.05, 3.63) is 48.2 Å². The molecule has 2 rings (SSSR count). The molecule has 0 saturated heterocycles. The molecule has 5 heteroatoms. The van der Waals surface area contributed by atoms with Gasteiger partial charge in [-0.15, -0.1) is 0 Å². The minimum Gasteiger partial charge on any atom is -0.482 e. The molecule has 94 valence electrons. The molecule has 0 aromatic carbocycles. The van der Waals surface area contributed by atoms with Gasteiger partial charge in [0.2, 0.25) is 0 Å². The Morgan fingerprint density at radius 3 is 3.00 bits per heavy atom. The molecule has 0 bridgehead atoms. The Bertz CT molecular complexity index is 491. The first-order chi connectivity index (χ1) is 8.74. The molecule has 2 aromatic rings. The largest absolute Gasteiger partial charge is 0.482 e. The van der Waals surface area contributed by atoms with Crippen molar-refractivity contribution < 1.29 is 13.9 Å². The van der Waals surface area contributed by atoms with Crippen molar-refractivity contribution in [1.82, 2.24) is 10.3 Å². The maximum Gasteiger partial charge on any atom is 0.258 e. The molecule has 0 aliphatic heterocycles. The molecule has 5 nitrogen and oxygen atoms in total. The van der Waals surface area contributed by atoms with Crippen LogP contribution in [0.3, 0.4) is 0 Å². The monoisotopic (exact) mass is 246 g/mol. The summed E-state index contributed by atoms with van der Waals surface area (Å²) in [5, 5.41) is 2.69. The summed E-state index contributed by atoms with van der Waals surface area (Å²) in [7, 11) is 0. The Kier molecular flexibility index (Phi) is 3.96. The summed E-state index contributed by atoms with van der Waals surface area (Å²) in [6.07, 6.45) is 3.16. The summed E-state index contributed by atoms with van der Waals surface area (Å²) < 4.78 is 10.4. The van der Waals surface area contributed by atoms with E-state index in [1.807, 2.05) is 13.0 Å². The number of amides is 1. The second-order valence-corrected chi connectivity index (χ2v) is 3.78. The zero-order valence-electron chi connectivity index (χ0n) is 10.1. The molecule has 0 atom stereocenters.